The van der Waals surface area contributed by atoms with E-state index < -0.39 is 0 Å². The van der Waals surface area contributed by atoms with Crippen LogP contribution in [0.15, 0.2) is 10.8 Å². The van der Waals surface area contributed by atoms with Crippen molar-refractivity contribution in [1.29, 1.82) is 0 Å². The number of allylic oxidation sites excluding steroid dienone is 2. The van der Waals surface area contributed by atoms with E-state index in [1.54, 1.807) is 5.57 Å². The van der Waals surface area contributed by atoms with Gasteiger partial charge in [-0.3, -0.25) is 0 Å². The summed E-state index contributed by atoms with van der Waals surface area (Å²) in [4.78, 5) is 0. The van der Waals surface area contributed by atoms with Crippen molar-refractivity contribution in [2.75, 3.05) is 0 Å². The Balaban J connectivity index is 4.01. The fraction of sp³-hybridized carbons (Fsp3) is 0.750. The first-order valence-corrected chi connectivity index (χ1v) is 4.18. The Morgan fingerprint density at radius 2 is 1.44 bits per heavy atom. The number of rotatable bonds is 3. The van der Waals surface area contributed by atoms with Gasteiger partial charge >= 0.3 is 0 Å². The molecule has 0 rings (SSSR count). The van der Waals surface area contributed by atoms with Crippen LogP contribution in [0.4, 0.5) is 0 Å². The summed E-state index contributed by atoms with van der Waals surface area (Å²) in [6, 6.07) is 0. The summed E-state index contributed by atoms with van der Waals surface area (Å²) in [5.74, 6) is 0. The van der Waals surface area contributed by atoms with Gasteiger partial charge in [0.15, 0.2) is 0 Å². The molecule has 0 aromatic carbocycles. The maximum Gasteiger partial charge on any atom is 0.0649 e. The van der Waals surface area contributed by atoms with E-state index in [4.69, 9.17) is 0 Å². The molecule has 0 aliphatic heterocycles. The van der Waals surface area contributed by atoms with Crippen LogP contribution in [0.25, 0.3) is 0 Å². The van der Waals surface area contributed by atoms with Crippen molar-refractivity contribution in [2.24, 2.45) is 0 Å². The van der Waals surface area contributed by atoms with Crippen molar-refractivity contribution in [3.8, 4) is 0 Å². The van der Waals surface area contributed by atoms with Gasteiger partial charge in [0.25, 0.3) is 0 Å². The van der Waals surface area contributed by atoms with Crippen molar-refractivity contribution in [3.63, 3.8) is 0 Å². The highest BCUT2D eigenvalue weighted by molar-refractivity contribution is 6.21. The first-order valence-electron chi connectivity index (χ1n) is 3.68. The quantitative estimate of drug-likeness (QED) is 0.527. The van der Waals surface area contributed by atoms with Gasteiger partial charge in [-0.25, -0.2) is 0 Å². The van der Waals surface area contributed by atoms with E-state index >= 15 is 0 Å². The Labute approximate surface area is 61.8 Å². The first kappa shape index (κ1) is 8.96. The zero-order valence-electron chi connectivity index (χ0n) is 6.62. The maximum atomic E-state index is 3.59. The highest BCUT2D eigenvalue weighted by Gasteiger charge is 1.93. The van der Waals surface area contributed by atoms with Crippen LogP contribution in [0, 0.1) is 0 Å². The van der Waals surface area contributed by atoms with E-state index in [0.29, 0.717) is 0 Å². The molecular weight excluding hydrogens is 124 g/mol. The van der Waals surface area contributed by atoms with E-state index in [1.807, 2.05) is 0 Å². The Bertz CT molecular complexity index is 97.1. The Morgan fingerprint density at radius 3 is 1.56 bits per heavy atom. The smallest absolute Gasteiger partial charge is 0.0649 e. The summed E-state index contributed by atoms with van der Waals surface area (Å²) in [6.45, 7) is 6.58. The van der Waals surface area contributed by atoms with Crippen LogP contribution in [0.3, 0.4) is 0 Å². The minimum atomic E-state index is 1.13. The van der Waals surface area contributed by atoms with Gasteiger partial charge in [0.1, 0.15) is 0 Å². The topological polar surface area (TPSA) is 0 Å². The summed E-state index contributed by atoms with van der Waals surface area (Å²) >= 11 is 0. The molecule has 0 aromatic rings. The predicted molar refractivity (Wildman–Crippen MR) is 43.7 cm³/mol. The Hall–Kier alpha value is -0.0431. The molecule has 0 saturated carbocycles. The molecule has 0 aliphatic carbocycles. The van der Waals surface area contributed by atoms with Gasteiger partial charge in [-0.1, -0.05) is 31.5 Å². The van der Waals surface area contributed by atoms with Crippen molar-refractivity contribution in [2.45, 2.75) is 40.0 Å². The second-order valence-corrected chi connectivity index (χ2v) is 2.75. The summed E-state index contributed by atoms with van der Waals surface area (Å²) in [7, 11) is 3.59. The van der Waals surface area contributed by atoms with Crippen molar-refractivity contribution < 1.29 is 0 Å². The normalized spacial score (nSPS) is 9.33. The fourth-order valence-electron chi connectivity index (χ4n) is 0.927. The molecule has 0 aliphatic rings. The van der Waals surface area contributed by atoms with Gasteiger partial charge in [0.2, 0.25) is 0 Å². The van der Waals surface area contributed by atoms with Gasteiger partial charge < -0.3 is 0 Å². The SMILES string of the molecule is CCC([Si])=C(CC)CC. The molecule has 0 unspecified atom stereocenters. The second-order valence-electron chi connectivity index (χ2n) is 2.14. The minimum Gasteiger partial charge on any atom is -0.0895 e. The number of hydrogen-bond donors (Lipinski definition) is 0. The van der Waals surface area contributed by atoms with E-state index in [-0.39, 0.29) is 0 Å². The Kier molecular flexibility index (Phi) is 4.78. The van der Waals surface area contributed by atoms with Gasteiger partial charge in [-0.05, 0) is 19.3 Å². The van der Waals surface area contributed by atoms with Crippen molar-refractivity contribution >= 4 is 10.2 Å². The van der Waals surface area contributed by atoms with E-state index in [9.17, 15) is 0 Å². The number of hydrogen-bond acceptors (Lipinski definition) is 0. The van der Waals surface area contributed by atoms with Gasteiger partial charge in [-0.15, -0.1) is 0 Å². The van der Waals surface area contributed by atoms with Crippen LogP contribution in [-0.4, -0.2) is 10.2 Å². The summed E-state index contributed by atoms with van der Waals surface area (Å²) < 4.78 is 0. The lowest BCUT2D eigenvalue weighted by Crippen LogP contribution is -1.87. The predicted octanol–water partition coefficient (Wildman–Crippen LogP) is 2.64. The standard InChI is InChI=1S/C8H15Si/c1-4-7(5-2)8(9)6-3/h4-6H2,1-3H3. The van der Waals surface area contributed by atoms with E-state index in [1.165, 1.54) is 18.0 Å². The zero-order chi connectivity index (χ0) is 7.28. The lowest BCUT2D eigenvalue weighted by Gasteiger charge is -2.04. The molecular formula is C8H15Si. The van der Waals surface area contributed by atoms with Crippen LogP contribution in [0.1, 0.15) is 40.0 Å². The van der Waals surface area contributed by atoms with Crippen molar-refractivity contribution in [1.82, 2.24) is 0 Å². The summed E-state index contributed by atoms with van der Waals surface area (Å²) in [5.41, 5.74) is 1.55. The maximum absolute atomic E-state index is 3.59. The third-order valence-corrected chi connectivity index (χ3v) is 2.34. The monoisotopic (exact) mass is 139 g/mol. The molecule has 0 bridgehead atoms. The second kappa shape index (κ2) is 4.80. The third kappa shape index (κ3) is 2.85. The van der Waals surface area contributed by atoms with E-state index in [2.05, 4.69) is 31.0 Å². The molecule has 0 nitrogen and oxygen atoms in total. The van der Waals surface area contributed by atoms with Gasteiger partial charge in [0.05, 0.1) is 10.2 Å². The molecule has 0 heterocycles. The lowest BCUT2D eigenvalue weighted by molar-refractivity contribution is 0.944. The molecule has 0 fully saturated rings. The molecule has 51 valence electrons. The van der Waals surface area contributed by atoms with Crippen LogP contribution < -0.4 is 0 Å². The average molecular weight is 139 g/mol. The molecule has 0 N–H and O–H groups in total. The van der Waals surface area contributed by atoms with Crippen LogP contribution >= 0.6 is 0 Å². The molecule has 0 amide bonds. The highest BCUT2D eigenvalue weighted by Crippen LogP contribution is 2.11. The van der Waals surface area contributed by atoms with Crippen LogP contribution in [-0.2, 0) is 0 Å². The van der Waals surface area contributed by atoms with Crippen molar-refractivity contribution in [3.05, 3.63) is 10.8 Å². The molecule has 0 atom stereocenters. The van der Waals surface area contributed by atoms with Gasteiger partial charge in [-0.2, -0.15) is 0 Å². The lowest BCUT2D eigenvalue weighted by atomic mass is 10.1. The van der Waals surface area contributed by atoms with Gasteiger partial charge in [0, 0.05) is 0 Å². The Morgan fingerprint density at radius 1 is 1.00 bits per heavy atom. The average Bonchev–Trinajstić information content (AvgIpc) is 1.90. The third-order valence-electron chi connectivity index (χ3n) is 1.63. The largest absolute Gasteiger partial charge is 0.0895 e. The molecule has 0 aromatic heterocycles. The summed E-state index contributed by atoms with van der Waals surface area (Å²) in [6.07, 6.45) is 3.50. The molecule has 3 radical (unpaired) electrons. The zero-order valence-corrected chi connectivity index (χ0v) is 7.62. The molecule has 0 spiro atoms. The fourth-order valence-corrected chi connectivity index (χ4v) is 1.28. The minimum absolute atomic E-state index is 1.13. The molecule has 0 saturated heterocycles. The first-order chi connectivity index (χ1) is 4.26. The molecule has 1 heteroatoms. The molecule has 9 heavy (non-hydrogen) atoms. The summed E-state index contributed by atoms with van der Waals surface area (Å²) in [5, 5.41) is 1.39. The van der Waals surface area contributed by atoms with E-state index in [0.717, 1.165) is 6.42 Å². The van der Waals surface area contributed by atoms with Crippen LogP contribution in [0.5, 0.6) is 0 Å². The highest BCUT2D eigenvalue weighted by atomic mass is 28.1. The van der Waals surface area contributed by atoms with Crippen LogP contribution in [0.2, 0.25) is 0 Å².